The third-order valence-corrected chi connectivity index (χ3v) is 4.38. The van der Waals surface area contributed by atoms with Crippen molar-refractivity contribution in [1.82, 2.24) is 5.32 Å². The van der Waals surface area contributed by atoms with E-state index in [0.717, 1.165) is 30.2 Å². The minimum Gasteiger partial charge on any atom is -0.487 e. The molecule has 0 aromatic heterocycles. The van der Waals surface area contributed by atoms with E-state index in [9.17, 15) is 0 Å². The molecule has 122 valence electrons. The maximum absolute atomic E-state index is 6.14. The molecule has 0 fully saturated rings. The predicted octanol–water partition coefficient (Wildman–Crippen LogP) is 4.19. The van der Waals surface area contributed by atoms with E-state index in [4.69, 9.17) is 14.2 Å². The molecule has 2 aliphatic rings. The second kappa shape index (κ2) is 6.37. The second-order valence-electron chi connectivity index (χ2n) is 6.88. The zero-order valence-electron chi connectivity index (χ0n) is 13.9. The van der Waals surface area contributed by atoms with Gasteiger partial charge in [-0.05, 0) is 32.9 Å². The molecule has 0 spiro atoms. The standard InChI is InChI=1S/C18H27NO3/c1-4-5-6-7-8-19-14-11-18(2,3)22-15-10-17-16(9-13(14)15)20-12-21-17/h9-10,14,19H,4-8,11-12H2,1-3H3. The van der Waals surface area contributed by atoms with E-state index in [1.807, 2.05) is 6.07 Å². The Bertz CT molecular complexity index is 527. The van der Waals surface area contributed by atoms with Gasteiger partial charge in [-0.15, -0.1) is 0 Å². The Morgan fingerprint density at radius 2 is 1.86 bits per heavy atom. The molecule has 0 bridgehead atoms. The van der Waals surface area contributed by atoms with Crippen molar-refractivity contribution in [3.05, 3.63) is 17.7 Å². The van der Waals surface area contributed by atoms with E-state index in [-0.39, 0.29) is 5.60 Å². The van der Waals surface area contributed by atoms with Crippen LogP contribution in [-0.4, -0.2) is 18.9 Å². The number of hydrogen-bond donors (Lipinski definition) is 1. The summed E-state index contributed by atoms with van der Waals surface area (Å²) in [4.78, 5) is 0. The van der Waals surface area contributed by atoms with Gasteiger partial charge in [-0.1, -0.05) is 26.2 Å². The summed E-state index contributed by atoms with van der Waals surface area (Å²) < 4.78 is 17.1. The quantitative estimate of drug-likeness (QED) is 0.800. The molecule has 2 heterocycles. The lowest BCUT2D eigenvalue weighted by atomic mass is 9.89. The van der Waals surface area contributed by atoms with Crippen LogP contribution in [0, 0.1) is 0 Å². The molecule has 1 atom stereocenters. The monoisotopic (exact) mass is 305 g/mol. The van der Waals surface area contributed by atoms with Gasteiger partial charge >= 0.3 is 0 Å². The van der Waals surface area contributed by atoms with Crippen molar-refractivity contribution in [2.24, 2.45) is 0 Å². The van der Waals surface area contributed by atoms with Crippen molar-refractivity contribution in [2.45, 2.75) is 64.5 Å². The third-order valence-electron chi connectivity index (χ3n) is 4.38. The van der Waals surface area contributed by atoms with E-state index in [1.54, 1.807) is 0 Å². The molecule has 1 N–H and O–H groups in total. The van der Waals surface area contributed by atoms with Gasteiger partial charge in [0.2, 0.25) is 6.79 Å². The average Bonchev–Trinajstić information content (AvgIpc) is 2.91. The van der Waals surface area contributed by atoms with Crippen LogP contribution in [0.2, 0.25) is 0 Å². The average molecular weight is 305 g/mol. The van der Waals surface area contributed by atoms with E-state index < -0.39 is 0 Å². The smallest absolute Gasteiger partial charge is 0.231 e. The summed E-state index contributed by atoms with van der Waals surface area (Å²) in [5.74, 6) is 2.55. The molecule has 0 amide bonds. The molecular formula is C18H27NO3. The lowest BCUT2D eigenvalue weighted by Gasteiger charge is -2.38. The van der Waals surface area contributed by atoms with Gasteiger partial charge in [0, 0.05) is 24.1 Å². The first-order valence-electron chi connectivity index (χ1n) is 8.45. The molecule has 2 aliphatic heterocycles. The normalized spacial score (nSPS) is 21.3. The van der Waals surface area contributed by atoms with Crippen molar-refractivity contribution in [1.29, 1.82) is 0 Å². The van der Waals surface area contributed by atoms with Crippen LogP contribution in [0.3, 0.4) is 0 Å². The first-order valence-corrected chi connectivity index (χ1v) is 8.45. The summed E-state index contributed by atoms with van der Waals surface area (Å²) in [5, 5.41) is 3.71. The highest BCUT2D eigenvalue weighted by atomic mass is 16.7. The molecular weight excluding hydrogens is 278 g/mol. The molecule has 0 saturated heterocycles. The lowest BCUT2D eigenvalue weighted by molar-refractivity contribution is 0.0658. The van der Waals surface area contributed by atoms with Crippen molar-refractivity contribution >= 4 is 0 Å². The molecule has 22 heavy (non-hydrogen) atoms. The van der Waals surface area contributed by atoms with Gasteiger partial charge in [0.1, 0.15) is 11.4 Å². The van der Waals surface area contributed by atoms with Crippen LogP contribution in [0.1, 0.15) is 64.5 Å². The van der Waals surface area contributed by atoms with Gasteiger partial charge in [0.15, 0.2) is 11.5 Å². The Balaban J connectivity index is 1.73. The highest BCUT2D eigenvalue weighted by Gasteiger charge is 2.35. The van der Waals surface area contributed by atoms with E-state index in [1.165, 1.54) is 31.2 Å². The van der Waals surface area contributed by atoms with Gasteiger partial charge in [0.05, 0.1) is 0 Å². The Kier molecular flexibility index (Phi) is 4.48. The van der Waals surface area contributed by atoms with Crippen LogP contribution >= 0.6 is 0 Å². The molecule has 1 aromatic carbocycles. The van der Waals surface area contributed by atoms with Crippen LogP contribution in [0.4, 0.5) is 0 Å². The zero-order chi connectivity index (χ0) is 15.6. The number of fused-ring (bicyclic) bond motifs is 2. The predicted molar refractivity (Wildman–Crippen MR) is 86.8 cm³/mol. The fourth-order valence-corrected chi connectivity index (χ4v) is 3.25. The Morgan fingerprint density at radius 3 is 2.64 bits per heavy atom. The molecule has 4 heteroatoms. The van der Waals surface area contributed by atoms with Gasteiger partial charge in [-0.25, -0.2) is 0 Å². The number of unbranched alkanes of at least 4 members (excludes halogenated alkanes) is 3. The summed E-state index contributed by atoms with van der Waals surface area (Å²) in [6, 6.07) is 4.37. The van der Waals surface area contributed by atoms with Crippen LogP contribution in [-0.2, 0) is 0 Å². The number of nitrogens with one attached hydrogen (secondary N) is 1. The summed E-state index contributed by atoms with van der Waals surface area (Å²) in [7, 11) is 0. The maximum Gasteiger partial charge on any atom is 0.231 e. The van der Waals surface area contributed by atoms with Gasteiger partial charge < -0.3 is 19.5 Å². The van der Waals surface area contributed by atoms with Gasteiger partial charge in [-0.3, -0.25) is 0 Å². The van der Waals surface area contributed by atoms with Crippen molar-refractivity contribution in [2.75, 3.05) is 13.3 Å². The van der Waals surface area contributed by atoms with Crippen LogP contribution in [0.25, 0.3) is 0 Å². The second-order valence-corrected chi connectivity index (χ2v) is 6.88. The topological polar surface area (TPSA) is 39.7 Å². The fraction of sp³-hybridized carbons (Fsp3) is 0.667. The molecule has 0 aliphatic carbocycles. The first-order chi connectivity index (χ1) is 10.6. The molecule has 4 nitrogen and oxygen atoms in total. The van der Waals surface area contributed by atoms with Crippen LogP contribution in [0.15, 0.2) is 12.1 Å². The maximum atomic E-state index is 6.14. The third kappa shape index (κ3) is 3.32. The number of ether oxygens (including phenoxy) is 3. The van der Waals surface area contributed by atoms with E-state index >= 15 is 0 Å². The van der Waals surface area contributed by atoms with Crippen molar-refractivity contribution < 1.29 is 14.2 Å². The summed E-state index contributed by atoms with van der Waals surface area (Å²) in [6.07, 6.45) is 6.08. The van der Waals surface area contributed by atoms with Crippen molar-refractivity contribution in [3.8, 4) is 17.2 Å². The summed E-state index contributed by atoms with van der Waals surface area (Å²) in [6.45, 7) is 7.89. The molecule has 0 saturated carbocycles. The van der Waals surface area contributed by atoms with Crippen LogP contribution < -0.4 is 19.5 Å². The van der Waals surface area contributed by atoms with Crippen molar-refractivity contribution in [3.63, 3.8) is 0 Å². The largest absolute Gasteiger partial charge is 0.487 e. The molecule has 1 aromatic rings. The molecule has 0 radical (unpaired) electrons. The lowest BCUT2D eigenvalue weighted by Crippen LogP contribution is -2.39. The van der Waals surface area contributed by atoms with Gasteiger partial charge in [0.25, 0.3) is 0 Å². The number of hydrogen-bond acceptors (Lipinski definition) is 4. The van der Waals surface area contributed by atoms with E-state index in [0.29, 0.717) is 12.8 Å². The SMILES string of the molecule is CCCCCCNC1CC(C)(C)Oc2cc3c(cc21)OCO3. The van der Waals surface area contributed by atoms with Crippen LogP contribution in [0.5, 0.6) is 17.2 Å². The minimum absolute atomic E-state index is 0.165. The highest BCUT2D eigenvalue weighted by Crippen LogP contribution is 2.46. The highest BCUT2D eigenvalue weighted by molar-refractivity contribution is 5.53. The summed E-state index contributed by atoms with van der Waals surface area (Å²) in [5.41, 5.74) is 1.03. The number of rotatable bonds is 6. The minimum atomic E-state index is -0.165. The zero-order valence-corrected chi connectivity index (χ0v) is 13.9. The Hall–Kier alpha value is -1.42. The Morgan fingerprint density at radius 1 is 1.09 bits per heavy atom. The van der Waals surface area contributed by atoms with Gasteiger partial charge in [-0.2, -0.15) is 0 Å². The number of benzene rings is 1. The Labute approximate surface area is 133 Å². The molecule has 1 unspecified atom stereocenters. The van der Waals surface area contributed by atoms with E-state index in [2.05, 4.69) is 32.2 Å². The fourth-order valence-electron chi connectivity index (χ4n) is 3.25. The molecule has 3 rings (SSSR count). The summed E-state index contributed by atoms with van der Waals surface area (Å²) >= 11 is 0. The first kappa shape index (κ1) is 15.5.